The van der Waals surface area contributed by atoms with Gasteiger partial charge in [0.1, 0.15) is 4.90 Å². The van der Waals surface area contributed by atoms with Crippen LogP contribution in [0.5, 0.6) is 0 Å². The van der Waals surface area contributed by atoms with Crippen molar-refractivity contribution in [2.75, 3.05) is 11.1 Å². The molecule has 5 N–H and O–H groups in total. The Balaban J connectivity index is 2.31. The highest BCUT2D eigenvalue weighted by atomic mass is 32.2. The van der Waals surface area contributed by atoms with Crippen molar-refractivity contribution in [1.82, 2.24) is 0 Å². The summed E-state index contributed by atoms with van der Waals surface area (Å²) < 4.78 is 22.6. The van der Waals surface area contributed by atoms with Gasteiger partial charge in [-0.2, -0.15) is 0 Å². The van der Waals surface area contributed by atoms with E-state index in [-0.39, 0.29) is 10.6 Å². The van der Waals surface area contributed by atoms with Crippen LogP contribution in [-0.2, 0) is 10.0 Å². The summed E-state index contributed by atoms with van der Waals surface area (Å²) in [6.07, 6.45) is 0. The highest BCUT2D eigenvalue weighted by molar-refractivity contribution is 7.89. The van der Waals surface area contributed by atoms with E-state index in [2.05, 4.69) is 5.32 Å². The van der Waals surface area contributed by atoms with Gasteiger partial charge in [-0.15, -0.1) is 0 Å². The Bertz CT molecular complexity index is 755. The first kappa shape index (κ1) is 14.4. The lowest BCUT2D eigenvalue weighted by atomic mass is 10.1. The molecule has 2 aromatic carbocycles. The standard InChI is InChI=1S/C14H17N3O2S/c1-9-3-4-11(7-10(9)2)17-12-5-6-14(13(15)8-12)20(16,18)19/h3-8,17H,15H2,1-2H3,(H2,16,18,19). The monoisotopic (exact) mass is 291 g/mol. The number of nitrogens with one attached hydrogen (secondary N) is 1. The number of rotatable bonds is 3. The number of primary sulfonamides is 1. The van der Waals surface area contributed by atoms with Crippen LogP contribution < -0.4 is 16.2 Å². The van der Waals surface area contributed by atoms with Gasteiger partial charge in [0.2, 0.25) is 10.0 Å². The molecule has 2 rings (SSSR count). The van der Waals surface area contributed by atoms with Crippen LogP contribution in [0, 0.1) is 13.8 Å². The van der Waals surface area contributed by atoms with Gasteiger partial charge in [-0.25, -0.2) is 13.6 Å². The van der Waals surface area contributed by atoms with Gasteiger partial charge in [0.05, 0.1) is 5.69 Å². The van der Waals surface area contributed by atoms with Crippen LogP contribution in [0.3, 0.4) is 0 Å². The maximum absolute atomic E-state index is 11.3. The summed E-state index contributed by atoms with van der Waals surface area (Å²) in [6, 6.07) is 10.6. The summed E-state index contributed by atoms with van der Waals surface area (Å²) in [7, 11) is -3.79. The molecule has 0 spiro atoms. The zero-order valence-corrected chi connectivity index (χ0v) is 12.2. The Kier molecular flexibility index (Phi) is 3.69. The van der Waals surface area contributed by atoms with Crippen LogP contribution in [0.2, 0.25) is 0 Å². The first-order valence-electron chi connectivity index (χ1n) is 6.04. The number of hydrogen-bond donors (Lipinski definition) is 3. The normalized spacial score (nSPS) is 11.3. The van der Waals surface area contributed by atoms with Crippen LogP contribution >= 0.6 is 0 Å². The van der Waals surface area contributed by atoms with Crippen molar-refractivity contribution in [1.29, 1.82) is 0 Å². The molecule has 20 heavy (non-hydrogen) atoms. The van der Waals surface area contributed by atoms with Gasteiger partial charge in [-0.05, 0) is 55.3 Å². The highest BCUT2D eigenvalue weighted by Gasteiger charge is 2.12. The number of nitrogen functional groups attached to an aromatic ring is 1. The molecule has 0 aliphatic heterocycles. The SMILES string of the molecule is Cc1ccc(Nc2ccc(S(N)(=O)=O)c(N)c2)cc1C. The third-order valence-electron chi connectivity index (χ3n) is 3.11. The molecule has 0 unspecified atom stereocenters. The Morgan fingerprint density at radius 3 is 2.10 bits per heavy atom. The van der Waals surface area contributed by atoms with Crippen molar-refractivity contribution < 1.29 is 8.42 Å². The smallest absolute Gasteiger partial charge is 0.240 e. The molecule has 0 fully saturated rings. The number of hydrogen-bond acceptors (Lipinski definition) is 4. The van der Waals surface area contributed by atoms with Crippen molar-refractivity contribution in [2.45, 2.75) is 18.7 Å². The van der Waals surface area contributed by atoms with Crippen LogP contribution in [-0.4, -0.2) is 8.42 Å². The summed E-state index contributed by atoms with van der Waals surface area (Å²) >= 11 is 0. The van der Waals surface area contributed by atoms with Gasteiger partial charge in [-0.3, -0.25) is 0 Å². The van der Waals surface area contributed by atoms with Crippen molar-refractivity contribution >= 4 is 27.1 Å². The fraction of sp³-hybridized carbons (Fsp3) is 0.143. The zero-order valence-electron chi connectivity index (χ0n) is 11.3. The minimum absolute atomic E-state index is 0.0665. The number of benzene rings is 2. The molecule has 0 aliphatic rings. The Morgan fingerprint density at radius 2 is 1.55 bits per heavy atom. The van der Waals surface area contributed by atoms with Gasteiger partial charge in [0, 0.05) is 11.4 Å². The zero-order chi connectivity index (χ0) is 14.9. The van der Waals surface area contributed by atoms with E-state index >= 15 is 0 Å². The topological polar surface area (TPSA) is 98.2 Å². The average molecular weight is 291 g/mol. The van der Waals surface area contributed by atoms with Gasteiger partial charge >= 0.3 is 0 Å². The second-order valence-corrected chi connectivity index (χ2v) is 6.25. The summed E-state index contributed by atoms with van der Waals surface area (Å²) in [6.45, 7) is 4.07. The van der Waals surface area contributed by atoms with Crippen LogP contribution in [0.15, 0.2) is 41.3 Å². The number of aryl methyl sites for hydroxylation is 2. The van der Waals surface area contributed by atoms with Crippen molar-refractivity contribution in [3.63, 3.8) is 0 Å². The molecule has 6 heteroatoms. The predicted molar refractivity (Wildman–Crippen MR) is 81.4 cm³/mol. The van der Waals surface area contributed by atoms with Crippen LogP contribution in [0.4, 0.5) is 17.1 Å². The third-order valence-corrected chi connectivity index (χ3v) is 4.10. The van der Waals surface area contributed by atoms with Crippen molar-refractivity contribution in [2.24, 2.45) is 5.14 Å². The Hall–Kier alpha value is -2.05. The molecule has 0 radical (unpaired) electrons. The van der Waals surface area contributed by atoms with Crippen molar-refractivity contribution in [3.8, 4) is 0 Å². The largest absolute Gasteiger partial charge is 0.398 e. The number of anilines is 3. The van der Waals surface area contributed by atoms with Gasteiger partial charge < -0.3 is 11.1 Å². The lowest BCUT2D eigenvalue weighted by Gasteiger charge is -2.11. The van der Waals surface area contributed by atoms with E-state index in [0.717, 1.165) is 5.69 Å². The van der Waals surface area contributed by atoms with E-state index in [9.17, 15) is 8.42 Å². The maximum Gasteiger partial charge on any atom is 0.240 e. The lowest BCUT2D eigenvalue weighted by molar-refractivity contribution is 0.598. The van der Waals surface area contributed by atoms with Gasteiger partial charge in [0.15, 0.2) is 0 Å². The highest BCUT2D eigenvalue weighted by Crippen LogP contribution is 2.25. The predicted octanol–water partition coefficient (Wildman–Crippen LogP) is 2.28. The van der Waals surface area contributed by atoms with Crippen LogP contribution in [0.1, 0.15) is 11.1 Å². The molecular weight excluding hydrogens is 274 g/mol. The minimum Gasteiger partial charge on any atom is -0.398 e. The molecule has 0 aromatic heterocycles. The molecule has 0 saturated heterocycles. The summed E-state index contributed by atoms with van der Waals surface area (Å²) in [4.78, 5) is -0.0665. The fourth-order valence-electron chi connectivity index (χ4n) is 1.87. The second kappa shape index (κ2) is 5.15. The molecule has 0 saturated carbocycles. The fourth-order valence-corrected chi connectivity index (χ4v) is 2.52. The van der Waals surface area contributed by atoms with Gasteiger partial charge in [-0.1, -0.05) is 6.07 Å². The average Bonchev–Trinajstić information content (AvgIpc) is 2.32. The molecule has 106 valence electrons. The number of nitrogens with two attached hydrogens (primary N) is 2. The summed E-state index contributed by atoms with van der Waals surface area (Å²) in [5, 5.41) is 8.24. The Labute approximate surface area is 118 Å². The first-order valence-corrected chi connectivity index (χ1v) is 7.58. The van der Waals surface area contributed by atoms with Crippen LogP contribution in [0.25, 0.3) is 0 Å². The van der Waals surface area contributed by atoms with E-state index in [1.165, 1.54) is 17.2 Å². The van der Waals surface area contributed by atoms with E-state index < -0.39 is 10.0 Å². The number of sulfonamides is 1. The second-order valence-electron chi connectivity index (χ2n) is 4.72. The molecular formula is C14H17N3O2S. The third kappa shape index (κ3) is 3.09. The first-order chi connectivity index (χ1) is 9.27. The minimum atomic E-state index is -3.79. The maximum atomic E-state index is 11.3. The molecule has 0 amide bonds. The summed E-state index contributed by atoms with van der Waals surface area (Å²) in [5.41, 5.74) is 9.84. The van der Waals surface area contributed by atoms with Crippen molar-refractivity contribution in [3.05, 3.63) is 47.5 Å². The van der Waals surface area contributed by atoms with E-state index in [1.54, 1.807) is 12.1 Å². The lowest BCUT2D eigenvalue weighted by Crippen LogP contribution is -2.14. The molecule has 0 bridgehead atoms. The summed E-state index contributed by atoms with van der Waals surface area (Å²) in [5.74, 6) is 0. The quantitative estimate of drug-likeness (QED) is 0.755. The Morgan fingerprint density at radius 1 is 0.950 bits per heavy atom. The molecule has 0 aliphatic carbocycles. The molecule has 0 heterocycles. The van der Waals surface area contributed by atoms with E-state index in [4.69, 9.17) is 10.9 Å². The molecule has 5 nitrogen and oxygen atoms in total. The van der Waals surface area contributed by atoms with E-state index in [0.29, 0.717) is 5.69 Å². The van der Waals surface area contributed by atoms with E-state index in [1.807, 2.05) is 32.0 Å². The van der Waals surface area contributed by atoms with Gasteiger partial charge in [0.25, 0.3) is 0 Å². The molecule has 2 aromatic rings. The molecule has 0 atom stereocenters.